The van der Waals surface area contributed by atoms with E-state index in [-0.39, 0.29) is 23.8 Å². The molecule has 0 radical (unpaired) electrons. The van der Waals surface area contributed by atoms with Gasteiger partial charge < -0.3 is 10.6 Å². The molecular formula is C18H24N2O2. The third-order valence-electron chi connectivity index (χ3n) is 5.12. The Morgan fingerprint density at radius 2 is 2.00 bits per heavy atom. The number of primary amides is 1. The van der Waals surface area contributed by atoms with Gasteiger partial charge in [-0.05, 0) is 55.7 Å². The maximum Gasteiger partial charge on any atom is 0.227 e. The van der Waals surface area contributed by atoms with Crippen LogP contribution in [-0.4, -0.2) is 29.3 Å². The monoisotopic (exact) mass is 300 g/mol. The summed E-state index contributed by atoms with van der Waals surface area (Å²) in [5.74, 6) is -0.376. The van der Waals surface area contributed by atoms with Gasteiger partial charge in [0.15, 0.2) is 0 Å². The average Bonchev–Trinajstić information content (AvgIpc) is 2.94. The van der Waals surface area contributed by atoms with Crippen molar-refractivity contribution in [3.63, 3.8) is 0 Å². The zero-order valence-corrected chi connectivity index (χ0v) is 13.2. The number of hydrogen-bond acceptors (Lipinski definition) is 2. The summed E-state index contributed by atoms with van der Waals surface area (Å²) in [6, 6.07) is 6.61. The lowest BCUT2D eigenvalue weighted by Gasteiger charge is -2.37. The zero-order chi connectivity index (χ0) is 15.7. The van der Waals surface area contributed by atoms with E-state index in [1.165, 1.54) is 17.5 Å². The lowest BCUT2D eigenvalue weighted by atomic mass is 9.92. The first kappa shape index (κ1) is 15.1. The van der Waals surface area contributed by atoms with Crippen LogP contribution in [0.5, 0.6) is 0 Å². The van der Waals surface area contributed by atoms with Crippen molar-refractivity contribution in [3.8, 4) is 0 Å². The Hall–Kier alpha value is -1.84. The summed E-state index contributed by atoms with van der Waals surface area (Å²) in [7, 11) is 0. The van der Waals surface area contributed by atoms with E-state index in [1.807, 2.05) is 4.90 Å². The van der Waals surface area contributed by atoms with E-state index in [2.05, 4.69) is 25.1 Å². The lowest BCUT2D eigenvalue weighted by Crippen LogP contribution is -2.49. The van der Waals surface area contributed by atoms with Gasteiger partial charge in [0.1, 0.15) is 0 Å². The summed E-state index contributed by atoms with van der Waals surface area (Å²) in [5.41, 5.74) is 9.32. The van der Waals surface area contributed by atoms with Crippen LogP contribution in [0.15, 0.2) is 18.2 Å². The normalized spacial score (nSPS) is 24.1. The number of benzene rings is 1. The van der Waals surface area contributed by atoms with Gasteiger partial charge in [-0.25, -0.2) is 0 Å². The summed E-state index contributed by atoms with van der Waals surface area (Å²) >= 11 is 0. The highest BCUT2D eigenvalue weighted by molar-refractivity contribution is 5.81. The molecule has 2 amide bonds. The van der Waals surface area contributed by atoms with E-state index in [1.54, 1.807) is 0 Å². The van der Waals surface area contributed by atoms with Crippen molar-refractivity contribution in [1.29, 1.82) is 0 Å². The van der Waals surface area contributed by atoms with Crippen molar-refractivity contribution >= 4 is 11.8 Å². The number of piperidine rings is 1. The van der Waals surface area contributed by atoms with Crippen LogP contribution in [0, 0.1) is 5.92 Å². The Balaban J connectivity index is 1.69. The molecule has 1 heterocycles. The van der Waals surface area contributed by atoms with Crippen molar-refractivity contribution in [2.75, 3.05) is 6.54 Å². The number of nitrogens with zero attached hydrogens (tertiary/aromatic N) is 1. The molecule has 3 rings (SSSR count). The van der Waals surface area contributed by atoms with E-state index in [4.69, 9.17) is 5.73 Å². The van der Waals surface area contributed by atoms with Crippen molar-refractivity contribution < 1.29 is 9.59 Å². The smallest absolute Gasteiger partial charge is 0.227 e. The fourth-order valence-electron chi connectivity index (χ4n) is 3.70. The number of hydrogen-bond donors (Lipinski definition) is 1. The Morgan fingerprint density at radius 1 is 1.23 bits per heavy atom. The first-order valence-electron chi connectivity index (χ1n) is 8.24. The van der Waals surface area contributed by atoms with Gasteiger partial charge >= 0.3 is 0 Å². The van der Waals surface area contributed by atoms with Crippen LogP contribution in [0.4, 0.5) is 0 Å². The summed E-state index contributed by atoms with van der Waals surface area (Å²) in [6.45, 7) is 2.53. The van der Waals surface area contributed by atoms with Crippen LogP contribution in [0.1, 0.15) is 42.9 Å². The number of amides is 2. The third-order valence-corrected chi connectivity index (χ3v) is 5.12. The highest BCUT2D eigenvalue weighted by Gasteiger charge is 2.31. The first-order valence-corrected chi connectivity index (χ1v) is 8.24. The molecule has 1 aromatic carbocycles. The van der Waals surface area contributed by atoms with Crippen LogP contribution >= 0.6 is 0 Å². The second-order valence-electron chi connectivity index (χ2n) is 6.71. The molecule has 2 N–H and O–H groups in total. The first-order chi connectivity index (χ1) is 10.5. The summed E-state index contributed by atoms with van der Waals surface area (Å²) in [5, 5.41) is 0. The Labute approximate surface area is 131 Å². The quantitative estimate of drug-likeness (QED) is 0.925. The Bertz CT molecular complexity index is 597. The van der Waals surface area contributed by atoms with Crippen LogP contribution in [0.2, 0.25) is 0 Å². The van der Waals surface area contributed by atoms with Gasteiger partial charge in [0.2, 0.25) is 11.8 Å². The molecule has 1 aliphatic carbocycles. The maximum atomic E-state index is 12.6. The molecule has 0 aromatic heterocycles. The van der Waals surface area contributed by atoms with E-state index in [0.29, 0.717) is 13.0 Å². The maximum absolute atomic E-state index is 12.6. The number of carbonyl (C=O) groups is 2. The zero-order valence-electron chi connectivity index (χ0n) is 13.2. The molecular weight excluding hydrogens is 276 g/mol. The van der Waals surface area contributed by atoms with Crippen LogP contribution in [-0.2, 0) is 28.9 Å². The Kier molecular flexibility index (Phi) is 4.19. The van der Waals surface area contributed by atoms with Gasteiger partial charge in [0.25, 0.3) is 0 Å². The number of fused-ring (bicyclic) bond motifs is 1. The fourth-order valence-corrected chi connectivity index (χ4v) is 3.70. The van der Waals surface area contributed by atoms with Crippen molar-refractivity contribution in [1.82, 2.24) is 4.90 Å². The molecule has 2 aliphatic rings. The molecule has 1 aromatic rings. The minimum absolute atomic E-state index is 0.108. The van der Waals surface area contributed by atoms with Crippen LogP contribution in [0.25, 0.3) is 0 Å². The highest BCUT2D eigenvalue weighted by Crippen LogP contribution is 2.25. The molecule has 2 atom stereocenters. The van der Waals surface area contributed by atoms with E-state index < -0.39 is 0 Å². The predicted molar refractivity (Wildman–Crippen MR) is 85.3 cm³/mol. The SMILES string of the molecule is C[C@H]1CC[C@@H](C(N)=O)CN1C(=O)Cc1ccc2c(c1)CCC2. The minimum atomic E-state index is -0.290. The van der Waals surface area contributed by atoms with E-state index in [0.717, 1.165) is 31.2 Å². The second-order valence-corrected chi connectivity index (χ2v) is 6.71. The summed E-state index contributed by atoms with van der Waals surface area (Å²) < 4.78 is 0. The molecule has 4 nitrogen and oxygen atoms in total. The number of nitrogens with two attached hydrogens (primary N) is 1. The number of carbonyl (C=O) groups excluding carboxylic acids is 2. The van der Waals surface area contributed by atoms with Gasteiger partial charge in [0.05, 0.1) is 12.3 Å². The largest absolute Gasteiger partial charge is 0.369 e. The molecule has 1 saturated heterocycles. The average molecular weight is 300 g/mol. The number of aryl methyl sites for hydroxylation is 2. The molecule has 1 fully saturated rings. The summed E-state index contributed by atoms with van der Waals surface area (Å²) in [4.78, 5) is 25.9. The molecule has 0 saturated carbocycles. The van der Waals surface area contributed by atoms with Crippen molar-refractivity contribution in [3.05, 3.63) is 34.9 Å². The van der Waals surface area contributed by atoms with Gasteiger partial charge in [-0.2, -0.15) is 0 Å². The standard InChI is InChI=1S/C18H24N2O2/c1-12-5-7-16(18(19)22)11-20(12)17(21)10-13-6-8-14-3-2-4-15(14)9-13/h6,8-9,12,16H,2-5,7,10-11H2,1H3,(H2,19,22)/t12-,16+/m0/s1. The van der Waals surface area contributed by atoms with Crippen molar-refractivity contribution in [2.24, 2.45) is 11.7 Å². The van der Waals surface area contributed by atoms with Gasteiger partial charge in [-0.1, -0.05) is 18.2 Å². The Morgan fingerprint density at radius 3 is 2.77 bits per heavy atom. The topological polar surface area (TPSA) is 63.4 Å². The fraction of sp³-hybridized carbons (Fsp3) is 0.556. The minimum Gasteiger partial charge on any atom is -0.369 e. The molecule has 22 heavy (non-hydrogen) atoms. The molecule has 1 aliphatic heterocycles. The second kappa shape index (κ2) is 6.11. The molecule has 0 unspecified atom stereocenters. The molecule has 118 valence electrons. The van der Waals surface area contributed by atoms with E-state index in [9.17, 15) is 9.59 Å². The predicted octanol–water partition coefficient (Wildman–Crippen LogP) is 1.83. The van der Waals surface area contributed by atoms with Crippen LogP contribution in [0.3, 0.4) is 0 Å². The summed E-state index contributed by atoms with van der Waals surface area (Å²) in [6.07, 6.45) is 5.57. The molecule has 0 spiro atoms. The van der Waals surface area contributed by atoms with Gasteiger partial charge in [0, 0.05) is 12.6 Å². The van der Waals surface area contributed by atoms with Gasteiger partial charge in [-0.3, -0.25) is 9.59 Å². The lowest BCUT2D eigenvalue weighted by molar-refractivity contribution is -0.136. The van der Waals surface area contributed by atoms with Gasteiger partial charge in [-0.15, -0.1) is 0 Å². The highest BCUT2D eigenvalue weighted by atomic mass is 16.2. The third kappa shape index (κ3) is 3.01. The van der Waals surface area contributed by atoms with Crippen molar-refractivity contribution in [2.45, 2.75) is 51.5 Å². The van der Waals surface area contributed by atoms with E-state index >= 15 is 0 Å². The number of rotatable bonds is 3. The number of likely N-dealkylation sites (tertiary alicyclic amines) is 1. The molecule has 4 heteroatoms. The van der Waals surface area contributed by atoms with Crippen LogP contribution < -0.4 is 5.73 Å². The molecule has 0 bridgehead atoms.